The van der Waals surface area contributed by atoms with E-state index in [4.69, 9.17) is 5.73 Å². The van der Waals surface area contributed by atoms with E-state index >= 15 is 0 Å². The van der Waals surface area contributed by atoms with Gasteiger partial charge in [0.2, 0.25) is 0 Å². The molecule has 0 aliphatic heterocycles. The fraction of sp³-hybridized carbons (Fsp3) is 0.167. The molecule has 6 heteroatoms. The van der Waals surface area contributed by atoms with Crippen molar-refractivity contribution in [2.24, 2.45) is 0 Å². The molecule has 0 aliphatic carbocycles. The molecule has 4 nitrogen and oxygen atoms in total. The highest BCUT2D eigenvalue weighted by Crippen LogP contribution is 2.31. The quantitative estimate of drug-likeness (QED) is 0.672. The number of halogens is 1. The minimum Gasteiger partial charge on any atom is -0.397 e. The molecule has 0 atom stereocenters. The molecule has 0 bridgehead atoms. The predicted octanol–water partition coefficient (Wildman–Crippen LogP) is 3.65. The molecule has 0 radical (unpaired) electrons. The highest BCUT2D eigenvalue weighted by molar-refractivity contribution is 9.10. The summed E-state index contributed by atoms with van der Waals surface area (Å²) in [4.78, 5) is 13.3. The smallest absolute Gasteiger partial charge is 0.150 e. The van der Waals surface area contributed by atoms with Crippen molar-refractivity contribution in [3.05, 3.63) is 27.3 Å². The molecule has 0 amide bonds. The number of rotatable bonds is 1. The second-order valence-corrected chi connectivity index (χ2v) is 6.24. The Hall–Kier alpha value is -1.40. The van der Waals surface area contributed by atoms with Gasteiger partial charge in [-0.1, -0.05) is 15.9 Å². The third-order valence-corrected chi connectivity index (χ3v) is 4.24. The van der Waals surface area contributed by atoms with E-state index < -0.39 is 0 Å². The van der Waals surface area contributed by atoms with E-state index in [1.165, 1.54) is 0 Å². The molecule has 0 aliphatic rings. The normalized spacial score (nSPS) is 11.3. The summed E-state index contributed by atoms with van der Waals surface area (Å²) in [5.74, 6) is 0.831. The van der Waals surface area contributed by atoms with Crippen LogP contribution in [-0.2, 0) is 0 Å². The lowest BCUT2D eigenvalue weighted by molar-refractivity contribution is 1.19. The minimum atomic E-state index is 0.667. The van der Waals surface area contributed by atoms with Gasteiger partial charge in [-0.15, -0.1) is 11.3 Å². The van der Waals surface area contributed by atoms with Gasteiger partial charge in [0.1, 0.15) is 5.52 Å². The zero-order chi connectivity index (χ0) is 12.9. The molecule has 1 aromatic carbocycles. The monoisotopic (exact) mass is 322 g/mol. The number of H-pyrrole nitrogens is 1. The van der Waals surface area contributed by atoms with Crippen molar-refractivity contribution in [1.82, 2.24) is 15.0 Å². The van der Waals surface area contributed by atoms with Crippen molar-refractivity contribution in [3.8, 4) is 10.7 Å². The number of nitrogens with one attached hydrogen (secondary N) is 1. The van der Waals surface area contributed by atoms with Gasteiger partial charge in [-0.2, -0.15) is 0 Å². The van der Waals surface area contributed by atoms with Crippen LogP contribution >= 0.6 is 27.3 Å². The van der Waals surface area contributed by atoms with E-state index in [1.807, 2.05) is 26.0 Å². The number of nitrogens with zero attached hydrogens (tertiary/aromatic N) is 2. The third-order valence-electron chi connectivity index (χ3n) is 2.70. The molecule has 3 aromatic rings. The van der Waals surface area contributed by atoms with Gasteiger partial charge < -0.3 is 10.7 Å². The summed E-state index contributed by atoms with van der Waals surface area (Å²) < 4.78 is 0.944. The van der Waals surface area contributed by atoms with Gasteiger partial charge in [0.05, 0.1) is 26.8 Å². The first-order chi connectivity index (χ1) is 8.54. The molecular weight excluding hydrogens is 312 g/mol. The van der Waals surface area contributed by atoms with E-state index in [1.54, 1.807) is 11.3 Å². The van der Waals surface area contributed by atoms with Crippen molar-refractivity contribution in [3.63, 3.8) is 0 Å². The summed E-state index contributed by atoms with van der Waals surface area (Å²) in [6.07, 6.45) is 0. The number of nitrogens with two attached hydrogens (primary N) is 1. The summed E-state index contributed by atoms with van der Waals surface area (Å²) >= 11 is 5.07. The number of fused-ring (bicyclic) bond motifs is 1. The third kappa shape index (κ3) is 1.81. The number of hydrogen-bond acceptors (Lipinski definition) is 4. The van der Waals surface area contributed by atoms with Gasteiger partial charge in [0, 0.05) is 4.47 Å². The Morgan fingerprint density at radius 1 is 1.28 bits per heavy atom. The number of aromatic amines is 1. The minimum absolute atomic E-state index is 0.667. The van der Waals surface area contributed by atoms with E-state index in [0.29, 0.717) is 5.69 Å². The van der Waals surface area contributed by atoms with E-state index in [0.717, 1.165) is 36.9 Å². The lowest BCUT2D eigenvalue weighted by Gasteiger charge is -1.94. The lowest BCUT2D eigenvalue weighted by atomic mass is 10.3. The number of aromatic nitrogens is 3. The predicted molar refractivity (Wildman–Crippen MR) is 78.8 cm³/mol. The number of thiazole rings is 1. The van der Waals surface area contributed by atoms with Crippen LogP contribution < -0.4 is 5.73 Å². The molecule has 0 fully saturated rings. The maximum absolute atomic E-state index is 5.97. The molecule has 2 aromatic heterocycles. The van der Waals surface area contributed by atoms with Crippen LogP contribution in [0, 0.1) is 13.8 Å². The topological polar surface area (TPSA) is 67.6 Å². The number of anilines is 1. The maximum atomic E-state index is 5.97. The van der Waals surface area contributed by atoms with E-state index in [-0.39, 0.29) is 0 Å². The average molecular weight is 323 g/mol. The first kappa shape index (κ1) is 11.7. The molecule has 3 N–H and O–H groups in total. The summed E-state index contributed by atoms with van der Waals surface area (Å²) in [5, 5.41) is 1.04. The zero-order valence-electron chi connectivity index (χ0n) is 9.91. The van der Waals surface area contributed by atoms with Crippen LogP contribution in [0.25, 0.3) is 21.7 Å². The Kier molecular flexibility index (Phi) is 2.64. The first-order valence-electron chi connectivity index (χ1n) is 5.44. The second-order valence-electron chi connectivity index (χ2n) is 4.12. The Morgan fingerprint density at radius 2 is 2.06 bits per heavy atom. The summed E-state index contributed by atoms with van der Waals surface area (Å²) in [5.41, 5.74) is 9.37. The zero-order valence-corrected chi connectivity index (χ0v) is 12.3. The number of benzene rings is 1. The van der Waals surface area contributed by atoms with Crippen molar-refractivity contribution in [2.75, 3.05) is 5.73 Å². The van der Waals surface area contributed by atoms with Crippen LogP contribution in [-0.4, -0.2) is 15.0 Å². The second kappa shape index (κ2) is 4.07. The molecule has 0 spiro atoms. The summed E-state index contributed by atoms with van der Waals surface area (Å²) in [6.45, 7) is 3.99. The van der Waals surface area contributed by atoms with E-state index in [9.17, 15) is 0 Å². The molecule has 92 valence electrons. The van der Waals surface area contributed by atoms with Gasteiger partial charge in [-0.05, 0) is 26.0 Å². The van der Waals surface area contributed by atoms with Gasteiger partial charge in [-0.3, -0.25) is 0 Å². The Bertz CT molecular complexity index is 744. The summed E-state index contributed by atoms with van der Waals surface area (Å²) in [7, 11) is 0. The number of hydrogen-bond donors (Lipinski definition) is 2. The van der Waals surface area contributed by atoms with Crippen LogP contribution in [0.3, 0.4) is 0 Å². The lowest BCUT2D eigenvalue weighted by Crippen LogP contribution is -1.86. The maximum Gasteiger partial charge on any atom is 0.150 e. The fourth-order valence-electron chi connectivity index (χ4n) is 1.97. The molecule has 0 saturated carbocycles. The highest BCUT2D eigenvalue weighted by atomic mass is 79.9. The van der Waals surface area contributed by atoms with Gasteiger partial charge in [0.15, 0.2) is 5.82 Å². The van der Waals surface area contributed by atoms with Gasteiger partial charge in [-0.25, -0.2) is 9.97 Å². The van der Waals surface area contributed by atoms with Gasteiger partial charge in [0.25, 0.3) is 0 Å². The average Bonchev–Trinajstić information content (AvgIpc) is 2.81. The van der Waals surface area contributed by atoms with Gasteiger partial charge >= 0.3 is 0 Å². The Morgan fingerprint density at radius 3 is 2.72 bits per heavy atom. The van der Waals surface area contributed by atoms with Crippen LogP contribution in [0.5, 0.6) is 0 Å². The molecule has 3 rings (SSSR count). The largest absolute Gasteiger partial charge is 0.397 e. The fourth-order valence-corrected chi connectivity index (χ4v) is 3.31. The molecule has 0 saturated heterocycles. The first-order valence-corrected chi connectivity index (χ1v) is 7.04. The standard InChI is InChI=1S/C12H11BrN4S/c1-5-11(18-6(2)15-5)12-16-9-4-7(13)3-8(14)10(9)17-12/h3-4H,14H2,1-2H3,(H,16,17). The van der Waals surface area contributed by atoms with Crippen LogP contribution in [0.15, 0.2) is 16.6 Å². The molecule has 0 unspecified atom stereocenters. The Labute approximate surface area is 116 Å². The number of nitrogen functional groups attached to an aromatic ring is 1. The van der Waals surface area contributed by atoms with Crippen molar-refractivity contribution in [2.45, 2.75) is 13.8 Å². The van der Waals surface area contributed by atoms with Crippen LogP contribution in [0.4, 0.5) is 5.69 Å². The van der Waals surface area contributed by atoms with Crippen LogP contribution in [0.2, 0.25) is 0 Å². The highest BCUT2D eigenvalue weighted by Gasteiger charge is 2.13. The molecule has 2 heterocycles. The number of imidazole rings is 1. The molecular formula is C12H11BrN4S. The van der Waals surface area contributed by atoms with Crippen molar-refractivity contribution < 1.29 is 0 Å². The van der Waals surface area contributed by atoms with Crippen LogP contribution in [0.1, 0.15) is 10.7 Å². The molecule has 18 heavy (non-hydrogen) atoms. The Balaban J connectivity index is 2.25. The SMILES string of the molecule is Cc1nc(C)c(-c2nc3c(N)cc(Br)cc3[nH]2)s1. The number of aryl methyl sites for hydroxylation is 2. The van der Waals surface area contributed by atoms with Crippen molar-refractivity contribution >= 4 is 44.0 Å². The summed E-state index contributed by atoms with van der Waals surface area (Å²) in [6, 6.07) is 3.84. The van der Waals surface area contributed by atoms with Crippen molar-refractivity contribution in [1.29, 1.82) is 0 Å². The van der Waals surface area contributed by atoms with E-state index in [2.05, 4.69) is 30.9 Å².